The quantitative estimate of drug-likeness (QED) is 0.873. The average molecular weight is 289 g/mol. The van der Waals surface area contributed by atoms with Crippen LogP contribution >= 0.6 is 11.8 Å². The van der Waals surface area contributed by atoms with Gasteiger partial charge in [-0.3, -0.25) is 0 Å². The number of hydrogen-bond donors (Lipinski definition) is 1. The van der Waals surface area contributed by atoms with Crippen molar-refractivity contribution in [1.82, 2.24) is 0 Å². The maximum Gasteiger partial charge on any atom is 0.123 e. The van der Waals surface area contributed by atoms with E-state index in [0.29, 0.717) is 0 Å². The summed E-state index contributed by atoms with van der Waals surface area (Å²) in [5.74, 6) is -0.199. The van der Waals surface area contributed by atoms with E-state index in [4.69, 9.17) is 5.73 Å². The van der Waals surface area contributed by atoms with Crippen LogP contribution in [-0.4, -0.2) is 6.04 Å². The molecular formula is C17H20FNS. The highest BCUT2D eigenvalue weighted by molar-refractivity contribution is 7.99. The Morgan fingerprint density at radius 1 is 1.15 bits per heavy atom. The molecule has 1 unspecified atom stereocenters. The van der Waals surface area contributed by atoms with E-state index < -0.39 is 0 Å². The lowest BCUT2D eigenvalue weighted by molar-refractivity contribution is 0.626. The van der Waals surface area contributed by atoms with Crippen LogP contribution in [0.1, 0.15) is 24.5 Å². The van der Waals surface area contributed by atoms with E-state index in [1.54, 1.807) is 23.9 Å². The Morgan fingerprint density at radius 3 is 2.45 bits per heavy atom. The van der Waals surface area contributed by atoms with Crippen LogP contribution in [0.25, 0.3) is 0 Å². The van der Waals surface area contributed by atoms with Gasteiger partial charge in [0.05, 0.1) is 0 Å². The predicted octanol–water partition coefficient (Wildman–Crippen LogP) is 4.57. The molecule has 2 aromatic rings. The van der Waals surface area contributed by atoms with Crippen molar-refractivity contribution in [2.24, 2.45) is 5.73 Å². The highest BCUT2D eigenvalue weighted by atomic mass is 32.2. The summed E-state index contributed by atoms with van der Waals surface area (Å²) in [6.45, 7) is 4.21. The van der Waals surface area contributed by atoms with E-state index in [2.05, 4.69) is 32.0 Å². The molecule has 0 fully saturated rings. The van der Waals surface area contributed by atoms with Crippen LogP contribution in [0.4, 0.5) is 4.39 Å². The molecule has 0 aliphatic rings. The van der Waals surface area contributed by atoms with Crippen molar-refractivity contribution in [2.45, 2.75) is 42.5 Å². The Kier molecular flexibility index (Phi) is 5.21. The van der Waals surface area contributed by atoms with Gasteiger partial charge in [0.2, 0.25) is 0 Å². The van der Waals surface area contributed by atoms with Crippen molar-refractivity contribution in [2.75, 3.05) is 0 Å². The molecule has 2 aromatic carbocycles. The normalized spacial score (nSPS) is 12.4. The van der Waals surface area contributed by atoms with Crippen LogP contribution in [0, 0.1) is 12.7 Å². The number of benzene rings is 2. The van der Waals surface area contributed by atoms with Crippen LogP contribution in [-0.2, 0) is 6.42 Å². The molecule has 0 heterocycles. The van der Waals surface area contributed by atoms with Crippen molar-refractivity contribution in [3.63, 3.8) is 0 Å². The first-order chi connectivity index (χ1) is 9.58. The Hall–Kier alpha value is -1.32. The first-order valence-electron chi connectivity index (χ1n) is 6.87. The number of aryl methyl sites for hydroxylation is 1. The Balaban J connectivity index is 2.11. The molecule has 0 bridgehead atoms. The van der Waals surface area contributed by atoms with E-state index in [1.807, 2.05) is 0 Å². The SMILES string of the molecule is CCC(N)Cc1ccc(Sc2ccc(F)cc2)c(C)c1. The summed E-state index contributed by atoms with van der Waals surface area (Å²) in [7, 11) is 0. The molecule has 20 heavy (non-hydrogen) atoms. The lowest BCUT2D eigenvalue weighted by Gasteiger charge is -2.11. The smallest absolute Gasteiger partial charge is 0.123 e. The molecule has 0 saturated heterocycles. The largest absolute Gasteiger partial charge is 0.327 e. The molecular weight excluding hydrogens is 269 g/mol. The van der Waals surface area contributed by atoms with Gasteiger partial charge in [0.1, 0.15) is 5.82 Å². The van der Waals surface area contributed by atoms with Gasteiger partial charge in [-0.1, -0.05) is 30.8 Å². The molecule has 0 amide bonds. The summed E-state index contributed by atoms with van der Waals surface area (Å²) < 4.78 is 12.9. The fourth-order valence-electron chi connectivity index (χ4n) is 2.03. The van der Waals surface area contributed by atoms with Gasteiger partial charge in [-0.25, -0.2) is 4.39 Å². The third kappa shape index (κ3) is 4.09. The zero-order chi connectivity index (χ0) is 14.5. The number of nitrogens with two attached hydrogens (primary N) is 1. The topological polar surface area (TPSA) is 26.0 Å². The van der Waals surface area contributed by atoms with Crippen molar-refractivity contribution in [1.29, 1.82) is 0 Å². The molecule has 0 aromatic heterocycles. The van der Waals surface area contributed by atoms with Crippen molar-refractivity contribution >= 4 is 11.8 Å². The number of halogens is 1. The van der Waals surface area contributed by atoms with Gasteiger partial charge in [-0.15, -0.1) is 0 Å². The molecule has 106 valence electrons. The molecule has 0 aliphatic carbocycles. The summed E-state index contributed by atoms with van der Waals surface area (Å²) in [5, 5.41) is 0. The maximum atomic E-state index is 12.9. The van der Waals surface area contributed by atoms with E-state index in [0.717, 1.165) is 17.7 Å². The van der Waals surface area contributed by atoms with Crippen molar-refractivity contribution in [3.8, 4) is 0 Å². The van der Waals surface area contributed by atoms with Gasteiger partial charge in [0.15, 0.2) is 0 Å². The minimum absolute atomic E-state index is 0.199. The van der Waals surface area contributed by atoms with Gasteiger partial charge in [-0.2, -0.15) is 0 Å². The van der Waals surface area contributed by atoms with Crippen molar-refractivity contribution in [3.05, 3.63) is 59.4 Å². The molecule has 1 nitrogen and oxygen atoms in total. The molecule has 0 spiro atoms. The summed E-state index contributed by atoms with van der Waals surface area (Å²) in [6.07, 6.45) is 1.91. The van der Waals surface area contributed by atoms with Crippen LogP contribution in [0.5, 0.6) is 0 Å². The second-order valence-electron chi connectivity index (χ2n) is 5.03. The second kappa shape index (κ2) is 6.91. The van der Waals surface area contributed by atoms with Crippen LogP contribution < -0.4 is 5.73 Å². The zero-order valence-electron chi connectivity index (χ0n) is 11.9. The maximum absolute atomic E-state index is 12.9. The summed E-state index contributed by atoms with van der Waals surface area (Å²) in [6, 6.07) is 13.3. The number of hydrogen-bond acceptors (Lipinski definition) is 2. The monoisotopic (exact) mass is 289 g/mol. The van der Waals surface area contributed by atoms with Crippen LogP contribution in [0.2, 0.25) is 0 Å². The first-order valence-corrected chi connectivity index (χ1v) is 7.68. The van der Waals surface area contributed by atoms with Gasteiger partial charge in [0.25, 0.3) is 0 Å². The Bertz CT molecular complexity index is 566. The van der Waals surface area contributed by atoms with Crippen LogP contribution in [0.15, 0.2) is 52.3 Å². The van der Waals surface area contributed by atoms with E-state index in [9.17, 15) is 4.39 Å². The van der Waals surface area contributed by atoms with E-state index in [1.165, 1.54) is 28.2 Å². The molecule has 1 atom stereocenters. The van der Waals surface area contributed by atoms with E-state index >= 15 is 0 Å². The standard InChI is InChI=1S/C17H20FNS/c1-3-15(19)11-13-4-9-17(12(2)10-13)20-16-7-5-14(18)6-8-16/h4-10,15H,3,11,19H2,1-2H3. The molecule has 2 N–H and O–H groups in total. The van der Waals surface area contributed by atoms with Crippen molar-refractivity contribution < 1.29 is 4.39 Å². The summed E-state index contributed by atoms with van der Waals surface area (Å²) in [4.78, 5) is 2.25. The fourth-order valence-corrected chi connectivity index (χ4v) is 2.91. The fraction of sp³-hybridized carbons (Fsp3) is 0.294. The molecule has 0 radical (unpaired) electrons. The second-order valence-corrected chi connectivity index (χ2v) is 6.14. The third-order valence-electron chi connectivity index (χ3n) is 3.30. The molecule has 3 heteroatoms. The van der Waals surface area contributed by atoms with Gasteiger partial charge in [0, 0.05) is 15.8 Å². The lowest BCUT2D eigenvalue weighted by Crippen LogP contribution is -2.21. The molecule has 0 saturated carbocycles. The Morgan fingerprint density at radius 2 is 1.85 bits per heavy atom. The summed E-state index contributed by atoms with van der Waals surface area (Å²) in [5.41, 5.74) is 8.50. The molecule has 0 aliphatic heterocycles. The predicted molar refractivity (Wildman–Crippen MR) is 83.7 cm³/mol. The minimum atomic E-state index is -0.199. The minimum Gasteiger partial charge on any atom is -0.327 e. The zero-order valence-corrected chi connectivity index (χ0v) is 12.7. The van der Waals surface area contributed by atoms with Gasteiger partial charge < -0.3 is 5.73 Å². The average Bonchev–Trinajstić information content (AvgIpc) is 2.44. The first kappa shape index (κ1) is 15.1. The number of rotatable bonds is 5. The summed E-state index contributed by atoms with van der Waals surface area (Å²) >= 11 is 1.66. The Labute approximate surface area is 124 Å². The van der Waals surface area contributed by atoms with E-state index in [-0.39, 0.29) is 11.9 Å². The lowest BCUT2D eigenvalue weighted by atomic mass is 10.0. The highest BCUT2D eigenvalue weighted by Gasteiger charge is 2.06. The van der Waals surface area contributed by atoms with Crippen LogP contribution in [0.3, 0.4) is 0 Å². The van der Waals surface area contributed by atoms with Gasteiger partial charge >= 0.3 is 0 Å². The third-order valence-corrected chi connectivity index (χ3v) is 4.49. The molecule has 2 rings (SSSR count). The highest BCUT2D eigenvalue weighted by Crippen LogP contribution is 2.31. The van der Waals surface area contributed by atoms with Gasteiger partial charge in [-0.05, 0) is 61.2 Å².